The van der Waals surface area contributed by atoms with Crippen LogP contribution in [0.4, 0.5) is 0 Å². The standard InChI is InChI=1S/C20H28Cl2N2O3/c1-20(2,27-17-7-5-16(22)6-8-17)19(26)24-12-9-15(10-13-24)4-3-11-23-18(25)14-21/h5-8,15H,3-4,9-14H2,1-2H3,(H,23,25). The summed E-state index contributed by atoms with van der Waals surface area (Å²) in [6, 6.07) is 7.04. The lowest BCUT2D eigenvalue weighted by molar-refractivity contribution is -0.147. The third-order valence-corrected chi connectivity index (χ3v) is 5.33. The fourth-order valence-electron chi connectivity index (χ4n) is 3.31. The van der Waals surface area contributed by atoms with Gasteiger partial charge in [0.2, 0.25) is 5.91 Å². The number of likely N-dealkylation sites (tertiary alicyclic amines) is 1. The molecule has 1 aliphatic heterocycles. The van der Waals surface area contributed by atoms with E-state index in [1.807, 2.05) is 4.90 Å². The largest absolute Gasteiger partial charge is 0.478 e. The van der Waals surface area contributed by atoms with Gasteiger partial charge in [0.25, 0.3) is 5.91 Å². The van der Waals surface area contributed by atoms with Gasteiger partial charge < -0.3 is 15.0 Å². The van der Waals surface area contributed by atoms with Crippen LogP contribution in [-0.4, -0.2) is 47.8 Å². The van der Waals surface area contributed by atoms with Crippen LogP contribution >= 0.6 is 23.2 Å². The second-order valence-electron chi connectivity index (χ2n) is 7.43. The predicted molar refractivity (Wildman–Crippen MR) is 108 cm³/mol. The van der Waals surface area contributed by atoms with Crippen LogP contribution in [0.5, 0.6) is 5.75 Å². The van der Waals surface area contributed by atoms with Gasteiger partial charge in [0, 0.05) is 24.7 Å². The zero-order valence-electron chi connectivity index (χ0n) is 16.0. The van der Waals surface area contributed by atoms with Crippen molar-refractivity contribution in [1.82, 2.24) is 10.2 Å². The third-order valence-electron chi connectivity index (χ3n) is 4.84. The molecule has 0 radical (unpaired) electrons. The van der Waals surface area contributed by atoms with E-state index in [1.54, 1.807) is 38.1 Å². The molecule has 2 amide bonds. The highest BCUT2D eigenvalue weighted by Crippen LogP contribution is 2.26. The number of benzene rings is 1. The summed E-state index contributed by atoms with van der Waals surface area (Å²) < 4.78 is 5.91. The highest BCUT2D eigenvalue weighted by Gasteiger charge is 2.35. The quantitative estimate of drug-likeness (QED) is 0.518. The van der Waals surface area contributed by atoms with E-state index in [2.05, 4.69) is 5.32 Å². The first-order chi connectivity index (χ1) is 12.8. The van der Waals surface area contributed by atoms with Crippen molar-refractivity contribution in [3.05, 3.63) is 29.3 Å². The molecule has 0 aromatic heterocycles. The van der Waals surface area contributed by atoms with Crippen molar-refractivity contribution in [2.75, 3.05) is 25.5 Å². The SMILES string of the molecule is CC(C)(Oc1ccc(Cl)cc1)C(=O)N1CCC(CCCNC(=O)CCl)CC1. The number of piperidine rings is 1. The average Bonchev–Trinajstić information content (AvgIpc) is 2.66. The number of carbonyl (C=O) groups is 2. The van der Waals surface area contributed by atoms with Crippen LogP contribution in [0.1, 0.15) is 39.5 Å². The molecule has 0 unspecified atom stereocenters. The van der Waals surface area contributed by atoms with E-state index in [0.29, 0.717) is 23.2 Å². The maximum absolute atomic E-state index is 12.9. The summed E-state index contributed by atoms with van der Waals surface area (Å²) >= 11 is 11.3. The van der Waals surface area contributed by atoms with Crippen LogP contribution in [-0.2, 0) is 9.59 Å². The number of amides is 2. The van der Waals surface area contributed by atoms with Crippen LogP contribution in [0, 0.1) is 5.92 Å². The van der Waals surface area contributed by atoms with Crippen LogP contribution in [0.25, 0.3) is 0 Å². The van der Waals surface area contributed by atoms with E-state index in [4.69, 9.17) is 27.9 Å². The van der Waals surface area contributed by atoms with Gasteiger partial charge in [-0.25, -0.2) is 0 Å². The first-order valence-corrected chi connectivity index (χ1v) is 10.3. The summed E-state index contributed by atoms with van der Waals surface area (Å²) in [5.74, 6) is 1.10. The molecule has 1 fully saturated rings. The minimum Gasteiger partial charge on any atom is -0.478 e. The molecular weight excluding hydrogens is 387 g/mol. The molecule has 7 heteroatoms. The molecule has 1 aromatic carbocycles. The first-order valence-electron chi connectivity index (χ1n) is 9.38. The Hall–Kier alpha value is -1.46. The minimum atomic E-state index is -0.924. The molecule has 5 nitrogen and oxygen atoms in total. The van der Waals surface area contributed by atoms with Crippen LogP contribution in [0.2, 0.25) is 5.02 Å². The molecular formula is C20H28Cl2N2O3. The Bertz CT molecular complexity index is 627. The van der Waals surface area contributed by atoms with Gasteiger partial charge in [0.05, 0.1) is 0 Å². The maximum Gasteiger partial charge on any atom is 0.266 e. The van der Waals surface area contributed by atoms with E-state index in [0.717, 1.165) is 38.8 Å². The van der Waals surface area contributed by atoms with Crippen LogP contribution in [0.3, 0.4) is 0 Å². The molecule has 0 spiro atoms. The highest BCUT2D eigenvalue weighted by molar-refractivity contribution is 6.30. The monoisotopic (exact) mass is 414 g/mol. The minimum absolute atomic E-state index is 0.00489. The highest BCUT2D eigenvalue weighted by atomic mass is 35.5. The van der Waals surface area contributed by atoms with Gasteiger partial charge in [-0.1, -0.05) is 11.6 Å². The summed E-state index contributed by atoms with van der Waals surface area (Å²) in [5.41, 5.74) is -0.924. The Morgan fingerprint density at radius 3 is 2.44 bits per heavy atom. The Balaban J connectivity index is 1.76. The number of nitrogens with one attached hydrogen (secondary N) is 1. The second kappa shape index (κ2) is 10.2. The van der Waals surface area contributed by atoms with Crippen molar-refractivity contribution in [3.63, 3.8) is 0 Å². The summed E-state index contributed by atoms with van der Waals surface area (Å²) in [6.45, 7) is 5.74. The van der Waals surface area contributed by atoms with E-state index >= 15 is 0 Å². The van der Waals surface area contributed by atoms with Crippen molar-refractivity contribution in [2.24, 2.45) is 5.92 Å². The molecule has 2 rings (SSSR count). The number of carbonyl (C=O) groups excluding carboxylic acids is 2. The van der Waals surface area contributed by atoms with E-state index in [-0.39, 0.29) is 17.7 Å². The van der Waals surface area contributed by atoms with Crippen molar-refractivity contribution in [1.29, 1.82) is 0 Å². The summed E-state index contributed by atoms with van der Waals surface area (Å²) in [5, 5.41) is 3.42. The van der Waals surface area contributed by atoms with Gasteiger partial charge in [-0.3, -0.25) is 9.59 Å². The Labute approximate surface area is 171 Å². The smallest absolute Gasteiger partial charge is 0.266 e. The lowest BCUT2D eigenvalue weighted by Gasteiger charge is -2.37. The van der Waals surface area contributed by atoms with Gasteiger partial charge in [0.1, 0.15) is 11.6 Å². The van der Waals surface area contributed by atoms with Gasteiger partial charge in [0.15, 0.2) is 5.60 Å². The topological polar surface area (TPSA) is 58.6 Å². The number of ether oxygens (including phenoxy) is 1. The number of nitrogens with zero attached hydrogens (tertiary/aromatic N) is 1. The second-order valence-corrected chi connectivity index (χ2v) is 8.13. The summed E-state index contributed by atoms with van der Waals surface area (Å²) in [7, 11) is 0. The number of hydrogen-bond acceptors (Lipinski definition) is 3. The van der Waals surface area contributed by atoms with Gasteiger partial charge in [-0.2, -0.15) is 0 Å². The van der Waals surface area contributed by atoms with Crippen LogP contribution in [0.15, 0.2) is 24.3 Å². The number of hydrogen-bond donors (Lipinski definition) is 1. The molecule has 1 aliphatic rings. The molecule has 1 aromatic rings. The molecule has 1 heterocycles. The Morgan fingerprint density at radius 2 is 1.85 bits per heavy atom. The molecule has 0 saturated carbocycles. The fourth-order valence-corrected chi connectivity index (χ4v) is 3.53. The lowest BCUT2D eigenvalue weighted by Crippen LogP contribution is -2.51. The van der Waals surface area contributed by atoms with Crippen molar-refractivity contribution in [3.8, 4) is 5.75 Å². The van der Waals surface area contributed by atoms with Crippen molar-refractivity contribution >= 4 is 35.0 Å². The molecule has 150 valence electrons. The molecule has 27 heavy (non-hydrogen) atoms. The van der Waals surface area contributed by atoms with Crippen molar-refractivity contribution < 1.29 is 14.3 Å². The fraction of sp³-hybridized carbons (Fsp3) is 0.600. The zero-order chi connectivity index (χ0) is 19.9. The van der Waals surface area contributed by atoms with E-state index in [9.17, 15) is 9.59 Å². The first kappa shape index (κ1) is 21.8. The van der Waals surface area contributed by atoms with E-state index in [1.165, 1.54) is 0 Å². The number of rotatable bonds is 8. The molecule has 0 atom stereocenters. The molecule has 1 saturated heterocycles. The number of halogens is 2. The lowest BCUT2D eigenvalue weighted by atomic mass is 9.91. The molecule has 0 aliphatic carbocycles. The summed E-state index contributed by atoms with van der Waals surface area (Å²) in [6.07, 6.45) is 3.94. The Kier molecular flexibility index (Phi) is 8.24. The van der Waals surface area contributed by atoms with Gasteiger partial charge >= 0.3 is 0 Å². The van der Waals surface area contributed by atoms with Gasteiger partial charge in [-0.05, 0) is 69.7 Å². The Morgan fingerprint density at radius 1 is 1.22 bits per heavy atom. The average molecular weight is 415 g/mol. The van der Waals surface area contributed by atoms with E-state index < -0.39 is 5.60 Å². The molecule has 0 bridgehead atoms. The predicted octanol–water partition coefficient (Wildman–Crippen LogP) is 3.87. The third kappa shape index (κ3) is 6.89. The molecule has 1 N–H and O–H groups in total. The summed E-state index contributed by atoms with van der Waals surface area (Å²) in [4.78, 5) is 25.9. The maximum atomic E-state index is 12.9. The normalized spacial score (nSPS) is 15.5. The zero-order valence-corrected chi connectivity index (χ0v) is 17.5. The number of alkyl halides is 1. The van der Waals surface area contributed by atoms with Gasteiger partial charge in [-0.15, -0.1) is 11.6 Å². The van der Waals surface area contributed by atoms with Crippen molar-refractivity contribution in [2.45, 2.75) is 45.1 Å². The van der Waals surface area contributed by atoms with Crippen LogP contribution < -0.4 is 10.1 Å².